The highest BCUT2D eigenvalue weighted by Crippen LogP contribution is 2.30. The van der Waals surface area contributed by atoms with E-state index in [1.807, 2.05) is 0 Å². The molecule has 0 heterocycles. The molecule has 0 bridgehead atoms. The standard InChI is InChI=1S/C13H17Cl2NO3S/c1-16(8-9-3-2-4-12(9)17)20(18,19)13-7-10(14)5-6-11(13)15/h5-7,9,12,17H,2-4,8H2,1H3. The van der Waals surface area contributed by atoms with Crippen LogP contribution >= 0.6 is 23.2 Å². The summed E-state index contributed by atoms with van der Waals surface area (Å²) in [5, 5.41) is 10.3. The number of benzene rings is 1. The van der Waals surface area contributed by atoms with Crippen LogP contribution in [0.3, 0.4) is 0 Å². The first-order valence-corrected chi connectivity index (χ1v) is 8.61. The number of aliphatic hydroxyl groups is 1. The van der Waals surface area contributed by atoms with Gasteiger partial charge in [0.05, 0.1) is 11.1 Å². The molecule has 1 aliphatic carbocycles. The van der Waals surface area contributed by atoms with Crippen molar-refractivity contribution in [2.45, 2.75) is 30.3 Å². The van der Waals surface area contributed by atoms with Crippen LogP contribution in [-0.2, 0) is 10.0 Å². The molecule has 7 heteroatoms. The van der Waals surface area contributed by atoms with Crippen molar-refractivity contribution in [3.05, 3.63) is 28.2 Å². The lowest BCUT2D eigenvalue weighted by Crippen LogP contribution is -2.34. The number of hydrogen-bond donors (Lipinski definition) is 1. The third-order valence-corrected chi connectivity index (χ3v) is 6.23. The molecule has 2 unspecified atom stereocenters. The van der Waals surface area contributed by atoms with Gasteiger partial charge in [0.25, 0.3) is 0 Å². The lowest BCUT2D eigenvalue weighted by molar-refractivity contribution is 0.123. The van der Waals surface area contributed by atoms with E-state index < -0.39 is 16.1 Å². The molecule has 2 atom stereocenters. The summed E-state index contributed by atoms with van der Waals surface area (Å²) in [5.41, 5.74) is 0. The SMILES string of the molecule is CN(CC1CCCC1O)S(=O)(=O)c1cc(Cl)ccc1Cl. The van der Waals surface area contributed by atoms with E-state index in [0.717, 1.165) is 19.3 Å². The maximum Gasteiger partial charge on any atom is 0.244 e. The minimum atomic E-state index is -3.70. The van der Waals surface area contributed by atoms with Crippen LogP contribution < -0.4 is 0 Å². The van der Waals surface area contributed by atoms with E-state index in [-0.39, 0.29) is 22.4 Å². The second-order valence-corrected chi connectivity index (χ2v) is 7.98. The molecule has 112 valence electrons. The third kappa shape index (κ3) is 3.28. The minimum Gasteiger partial charge on any atom is -0.393 e. The van der Waals surface area contributed by atoms with Gasteiger partial charge in [-0.2, -0.15) is 0 Å². The Hall–Kier alpha value is -0.330. The fourth-order valence-electron chi connectivity index (χ4n) is 2.50. The molecular formula is C13H17Cl2NO3S. The Bertz CT molecular complexity index is 591. The highest BCUT2D eigenvalue weighted by atomic mass is 35.5. The number of rotatable bonds is 4. The highest BCUT2D eigenvalue weighted by molar-refractivity contribution is 7.89. The van der Waals surface area contributed by atoms with Crippen molar-refractivity contribution in [1.29, 1.82) is 0 Å². The smallest absolute Gasteiger partial charge is 0.244 e. The predicted molar refractivity (Wildman–Crippen MR) is 79.6 cm³/mol. The van der Waals surface area contributed by atoms with E-state index in [9.17, 15) is 13.5 Å². The average Bonchev–Trinajstić information content (AvgIpc) is 2.78. The van der Waals surface area contributed by atoms with Gasteiger partial charge < -0.3 is 5.11 Å². The van der Waals surface area contributed by atoms with E-state index >= 15 is 0 Å². The Balaban J connectivity index is 2.23. The van der Waals surface area contributed by atoms with Gasteiger partial charge in [0.1, 0.15) is 4.90 Å². The summed E-state index contributed by atoms with van der Waals surface area (Å²) >= 11 is 11.8. The topological polar surface area (TPSA) is 57.6 Å². The number of hydrogen-bond acceptors (Lipinski definition) is 3. The van der Waals surface area contributed by atoms with E-state index in [1.165, 1.54) is 23.5 Å². The summed E-state index contributed by atoms with van der Waals surface area (Å²) in [6, 6.07) is 4.36. The zero-order valence-corrected chi connectivity index (χ0v) is 13.4. The molecule has 0 saturated heterocycles. The van der Waals surface area contributed by atoms with Crippen LogP contribution in [0.1, 0.15) is 19.3 Å². The Labute approximate surface area is 129 Å². The van der Waals surface area contributed by atoms with Gasteiger partial charge in [-0.3, -0.25) is 0 Å². The molecule has 2 rings (SSSR count). The fraction of sp³-hybridized carbons (Fsp3) is 0.538. The second-order valence-electron chi connectivity index (χ2n) is 5.12. The van der Waals surface area contributed by atoms with Crippen molar-refractivity contribution >= 4 is 33.2 Å². The molecule has 0 amide bonds. The van der Waals surface area contributed by atoms with Crippen LogP contribution in [-0.4, -0.2) is 37.5 Å². The maximum atomic E-state index is 12.5. The van der Waals surface area contributed by atoms with Crippen molar-refractivity contribution in [3.8, 4) is 0 Å². The third-order valence-electron chi connectivity index (χ3n) is 3.69. The van der Waals surface area contributed by atoms with Crippen LogP contribution in [0, 0.1) is 5.92 Å². The maximum absolute atomic E-state index is 12.5. The van der Waals surface area contributed by atoms with Gasteiger partial charge >= 0.3 is 0 Å². The van der Waals surface area contributed by atoms with Gasteiger partial charge in [0.2, 0.25) is 10.0 Å². The van der Waals surface area contributed by atoms with Gasteiger partial charge in [-0.15, -0.1) is 0 Å². The van der Waals surface area contributed by atoms with E-state index in [2.05, 4.69) is 0 Å². The lowest BCUT2D eigenvalue weighted by atomic mass is 10.1. The molecule has 1 aromatic rings. The molecule has 1 saturated carbocycles. The highest BCUT2D eigenvalue weighted by Gasteiger charge is 2.31. The Morgan fingerprint density at radius 2 is 2.05 bits per heavy atom. The predicted octanol–water partition coefficient (Wildman–Crippen LogP) is 2.77. The van der Waals surface area contributed by atoms with E-state index in [0.29, 0.717) is 5.02 Å². The quantitative estimate of drug-likeness (QED) is 0.918. The van der Waals surface area contributed by atoms with Gasteiger partial charge in [-0.05, 0) is 37.0 Å². The van der Waals surface area contributed by atoms with Gasteiger partial charge in [-0.25, -0.2) is 12.7 Å². The summed E-state index contributed by atoms with van der Waals surface area (Å²) in [6.45, 7) is 0.284. The number of sulfonamides is 1. The van der Waals surface area contributed by atoms with Crippen molar-refractivity contribution in [3.63, 3.8) is 0 Å². The molecular weight excluding hydrogens is 321 g/mol. The van der Waals surface area contributed by atoms with Crippen LogP contribution in [0.15, 0.2) is 23.1 Å². The number of halogens is 2. The fourth-order valence-corrected chi connectivity index (χ4v) is 4.46. The summed E-state index contributed by atoms with van der Waals surface area (Å²) in [6.07, 6.45) is 2.07. The molecule has 1 aliphatic rings. The minimum absolute atomic E-state index is 0.00153. The lowest BCUT2D eigenvalue weighted by Gasteiger charge is -2.23. The zero-order valence-electron chi connectivity index (χ0n) is 11.1. The van der Waals surface area contributed by atoms with Gasteiger partial charge in [0.15, 0.2) is 0 Å². The number of aliphatic hydroxyl groups excluding tert-OH is 1. The molecule has 0 aromatic heterocycles. The first kappa shape index (κ1) is 16.0. The molecule has 4 nitrogen and oxygen atoms in total. The van der Waals surface area contributed by atoms with Crippen molar-refractivity contribution in [2.24, 2.45) is 5.92 Å². The molecule has 1 N–H and O–H groups in total. The summed E-state index contributed by atoms with van der Waals surface area (Å²) < 4.78 is 26.2. The van der Waals surface area contributed by atoms with Crippen LogP contribution in [0.2, 0.25) is 10.0 Å². The first-order chi connectivity index (χ1) is 9.32. The first-order valence-electron chi connectivity index (χ1n) is 6.42. The van der Waals surface area contributed by atoms with Crippen LogP contribution in [0.25, 0.3) is 0 Å². The van der Waals surface area contributed by atoms with Crippen LogP contribution in [0.5, 0.6) is 0 Å². The Kier molecular flexibility index (Phi) is 4.97. The molecule has 0 aliphatic heterocycles. The summed E-state index contributed by atoms with van der Waals surface area (Å²) in [7, 11) is -2.20. The average molecular weight is 338 g/mol. The molecule has 1 fully saturated rings. The molecule has 20 heavy (non-hydrogen) atoms. The Morgan fingerprint density at radius 3 is 2.65 bits per heavy atom. The van der Waals surface area contributed by atoms with E-state index in [4.69, 9.17) is 23.2 Å². The molecule has 0 spiro atoms. The molecule has 0 radical (unpaired) electrons. The largest absolute Gasteiger partial charge is 0.393 e. The van der Waals surface area contributed by atoms with Crippen molar-refractivity contribution in [2.75, 3.05) is 13.6 Å². The van der Waals surface area contributed by atoms with E-state index in [1.54, 1.807) is 6.07 Å². The van der Waals surface area contributed by atoms with Crippen LogP contribution in [0.4, 0.5) is 0 Å². The van der Waals surface area contributed by atoms with Gasteiger partial charge in [0, 0.05) is 18.6 Å². The normalized spacial score (nSPS) is 23.4. The summed E-state index contributed by atoms with van der Waals surface area (Å²) in [5.74, 6) is -0.0206. The molecule has 1 aromatic carbocycles. The van der Waals surface area contributed by atoms with Crippen molar-refractivity contribution in [1.82, 2.24) is 4.31 Å². The monoisotopic (exact) mass is 337 g/mol. The summed E-state index contributed by atoms with van der Waals surface area (Å²) in [4.78, 5) is 0.00153. The second kappa shape index (κ2) is 6.20. The number of nitrogens with zero attached hydrogens (tertiary/aromatic N) is 1. The zero-order chi connectivity index (χ0) is 14.9. The Morgan fingerprint density at radius 1 is 1.35 bits per heavy atom. The van der Waals surface area contributed by atoms with Crippen molar-refractivity contribution < 1.29 is 13.5 Å². The van der Waals surface area contributed by atoms with Gasteiger partial charge in [-0.1, -0.05) is 29.6 Å².